The standard InChI is InChI=1S/C10H20N2O6S/c1-5-12(6-8(4)9(13)14)19(16,17)11-10(15)18-7(2)3/h7-8H,5-6H2,1-4H3,(H,11,15)(H,13,14). The zero-order chi connectivity index (χ0) is 15.2. The van der Waals surface area contributed by atoms with Gasteiger partial charge in [0, 0.05) is 13.1 Å². The Morgan fingerprint density at radius 2 is 1.84 bits per heavy atom. The molecule has 0 aromatic carbocycles. The number of carboxylic acids is 1. The van der Waals surface area contributed by atoms with E-state index in [0.29, 0.717) is 0 Å². The second kappa shape index (κ2) is 7.29. The minimum absolute atomic E-state index is 0.0436. The van der Waals surface area contributed by atoms with E-state index >= 15 is 0 Å². The van der Waals surface area contributed by atoms with Crippen LogP contribution in [0.5, 0.6) is 0 Å². The van der Waals surface area contributed by atoms with Gasteiger partial charge in [-0.25, -0.2) is 9.52 Å². The molecule has 0 aliphatic carbocycles. The molecule has 0 radical (unpaired) electrons. The number of rotatable bonds is 7. The highest BCUT2D eigenvalue weighted by Crippen LogP contribution is 2.05. The number of nitrogens with zero attached hydrogens (tertiary/aromatic N) is 1. The summed E-state index contributed by atoms with van der Waals surface area (Å²) in [7, 11) is -4.10. The molecule has 0 saturated carbocycles. The molecule has 0 aliphatic rings. The number of aliphatic carboxylic acids is 1. The lowest BCUT2D eigenvalue weighted by Gasteiger charge is -2.22. The molecular formula is C10H20N2O6S. The Bertz CT molecular complexity index is 420. The Balaban J connectivity index is 4.75. The van der Waals surface area contributed by atoms with Gasteiger partial charge in [0.25, 0.3) is 0 Å². The van der Waals surface area contributed by atoms with E-state index in [1.54, 1.807) is 25.5 Å². The average Bonchev–Trinajstić information content (AvgIpc) is 2.22. The fourth-order valence-corrected chi connectivity index (χ4v) is 2.34. The summed E-state index contributed by atoms with van der Waals surface area (Å²) in [5.41, 5.74) is 0. The van der Waals surface area contributed by atoms with Crippen molar-refractivity contribution in [3.05, 3.63) is 0 Å². The molecule has 0 aliphatic heterocycles. The van der Waals surface area contributed by atoms with Gasteiger partial charge in [-0.3, -0.25) is 4.79 Å². The second-order valence-corrected chi connectivity index (χ2v) is 5.92. The van der Waals surface area contributed by atoms with Gasteiger partial charge >= 0.3 is 22.3 Å². The van der Waals surface area contributed by atoms with Crippen molar-refractivity contribution in [3.8, 4) is 0 Å². The molecule has 0 rings (SSSR count). The minimum atomic E-state index is -4.10. The SMILES string of the molecule is CCN(CC(C)C(=O)O)S(=O)(=O)NC(=O)OC(C)C. The lowest BCUT2D eigenvalue weighted by molar-refractivity contribution is -0.141. The first-order chi connectivity index (χ1) is 8.60. The zero-order valence-corrected chi connectivity index (χ0v) is 12.2. The van der Waals surface area contributed by atoms with Gasteiger partial charge in [0.05, 0.1) is 12.0 Å². The third-order valence-corrected chi connectivity index (χ3v) is 3.66. The number of amides is 1. The molecule has 0 spiro atoms. The van der Waals surface area contributed by atoms with Gasteiger partial charge in [-0.2, -0.15) is 12.7 Å². The molecule has 1 amide bonds. The lowest BCUT2D eigenvalue weighted by atomic mass is 10.2. The van der Waals surface area contributed by atoms with Gasteiger partial charge in [0.15, 0.2) is 0 Å². The first kappa shape index (κ1) is 17.6. The number of nitrogens with one attached hydrogen (secondary N) is 1. The predicted octanol–water partition coefficient (Wildman–Crippen LogP) is 0.408. The molecule has 2 N–H and O–H groups in total. The zero-order valence-electron chi connectivity index (χ0n) is 11.4. The van der Waals surface area contributed by atoms with E-state index in [1.165, 1.54) is 6.92 Å². The summed E-state index contributed by atoms with van der Waals surface area (Å²) in [6.07, 6.45) is -1.54. The van der Waals surface area contributed by atoms with E-state index in [9.17, 15) is 18.0 Å². The molecule has 0 aromatic rings. The molecule has 1 atom stereocenters. The number of carbonyl (C=O) groups is 2. The van der Waals surface area contributed by atoms with Crippen molar-refractivity contribution in [2.45, 2.75) is 33.8 Å². The molecule has 0 bridgehead atoms. The van der Waals surface area contributed by atoms with Crippen LogP contribution in [-0.4, -0.2) is 49.1 Å². The van der Waals surface area contributed by atoms with Gasteiger partial charge in [-0.05, 0) is 13.8 Å². The van der Waals surface area contributed by atoms with E-state index in [1.807, 2.05) is 0 Å². The van der Waals surface area contributed by atoms with Crippen molar-refractivity contribution in [2.24, 2.45) is 5.92 Å². The van der Waals surface area contributed by atoms with Crippen LogP contribution in [0.1, 0.15) is 27.7 Å². The Morgan fingerprint density at radius 1 is 1.32 bits per heavy atom. The van der Waals surface area contributed by atoms with Crippen LogP contribution in [0.15, 0.2) is 0 Å². The molecule has 1 unspecified atom stereocenters. The smallest absolute Gasteiger partial charge is 0.422 e. The van der Waals surface area contributed by atoms with Gasteiger partial charge < -0.3 is 9.84 Å². The van der Waals surface area contributed by atoms with Crippen LogP contribution in [0.25, 0.3) is 0 Å². The fraction of sp³-hybridized carbons (Fsp3) is 0.800. The third kappa shape index (κ3) is 6.39. The topological polar surface area (TPSA) is 113 Å². The van der Waals surface area contributed by atoms with Gasteiger partial charge in [0.2, 0.25) is 0 Å². The van der Waals surface area contributed by atoms with Crippen molar-refractivity contribution in [1.29, 1.82) is 0 Å². The summed E-state index contributed by atoms with van der Waals surface area (Å²) in [5, 5.41) is 8.76. The Labute approximate surface area is 112 Å². The van der Waals surface area contributed by atoms with Crippen LogP contribution >= 0.6 is 0 Å². The molecule has 112 valence electrons. The highest BCUT2D eigenvalue weighted by atomic mass is 32.2. The summed E-state index contributed by atoms with van der Waals surface area (Å²) in [6.45, 7) is 5.90. The number of carboxylic acid groups (broad SMARTS) is 1. The second-order valence-electron chi connectivity index (χ2n) is 4.25. The maximum atomic E-state index is 11.8. The number of ether oxygens (including phenoxy) is 1. The van der Waals surface area contributed by atoms with E-state index < -0.39 is 34.3 Å². The van der Waals surface area contributed by atoms with Crippen molar-refractivity contribution in [1.82, 2.24) is 9.03 Å². The van der Waals surface area contributed by atoms with Crippen LogP contribution < -0.4 is 4.72 Å². The van der Waals surface area contributed by atoms with Gasteiger partial charge in [-0.15, -0.1) is 0 Å². The Kier molecular flexibility index (Phi) is 6.77. The first-order valence-corrected chi connectivity index (χ1v) is 7.25. The van der Waals surface area contributed by atoms with Crippen LogP contribution in [0.3, 0.4) is 0 Å². The first-order valence-electron chi connectivity index (χ1n) is 5.81. The summed E-state index contributed by atoms with van der Waals surface area (Å²) >= 11 is 0. The summed E-state index contributed by atoms with van der Waals surface area (Å²) in [6, 6.07) is 0. The maximum Gasteiger partial charge on any atom is 0.422 e. The Morgan fingerprint density at radius 3 is 2.21 bits per heavy atom. The van der Waals surface area contributed by atoms with Crippen molar-refractivity contribution >= 4 is 22.3 Å². The summed E-state index contributed by atoms with van der Waals surface area (Å²) < 4.78 is 30.9. The maximum absolute atomic E-state index is 11.8. The highest BCUT2D eigenvalue weighted by molar-refractivity contribution is 7.87. The van der Waals surface area contributed by atoms with E-state index in [0.717, 1.165) is 4.31 Å². The van der Waals surface area contributed by atoms with Gasteiger partial charge in [-0.1, -0.05) is 13.8 Å². The molecule has 19 heavy (non-hydrogen) atoms. The number of hydrogen-bond acceptors (Lipinski definition) is 5. The largest absolute Gasteiger partial charge is 0.481 e. The van der Waals surface area contributed by atoms with E-state index in [4.69, 9.17) is 5.11 Å². The van der Waals surface area contributed by atoms with Crippen LogP contribution in [0, 0.1) is 5.92 Å². The fourth-order valence-electron chi connectivity index (χ4n) is 1.19. The molecule has 0 aromatic heterocycles. The van der Waals surface area contributed by atoms with Crippen molar-refractivity contribution in [2.75, 3.05) is 13.1 Å². The average molecular weight is 296 g/mol. The molecule has 0 fully saturated rings. The molecule has 9 heteroatoms. The number of carbonyl (C=O) groups excluding carboxylic acids is 1. The molecule has 0 heterocycles. The molecular weight excluding hydrogens is 276 g/mol. The van der Waals surface area contributed by atoms with Crippen molar-refractivity contribution < 1.29 is 27.9 Å². The van der Waals surface area contributed by atoms with Gasteiger partial charge in [0.1, 0.15) is 0 Å². The lowest BCUT2D eigenvalue weighted by Crippen LogP contribution is -2.46. The van der Waals surface area contributed by atoms with Crippen molar-refractivity contribution in [3.63, 3.8) is 0 Å². The highest BCUT2D eigenvalue weighted by Gasteiger charge is 2.27. The van der Waals surface area contributed by atoms with E-state index in [-0.39, 0.29) is 13.1 Å². The summed E-state index contributed by atoms with van der Waals surface area (Å²) in [4.78, 5) is 22.0. The van der Waals surface area contributed by atoms with Crippen LogP contribution in [0.2, 0.25) is 0 Å². The normalized spacial score (nSPS) is 13.4. The summed E-state index contributed by atoms with van der Waals surface area (Å²) in [5.74, 6) is -1.99. The molecule has 0 saturated heterocycles. The quantitative estimate of drug-likeness (QED) is 0.703. The number of hydrogen-bond donors (Lipinski definition) is 2. The predicted molar refractivity (Wildman–Crippen MR) is 67.7 cm³/mol. The minimum Gasteiger partial charge on any atom is -0.481 e. The third-order valence-electron chi connectivity index (χ3n) is 2.15. The Hall–Kier alpha value is -1.35. The van der Waals surface area contributed by atoms with Crippen LogP contribution in [-0.2, 0) is 19.7 Å². The molecule has 8 nitrogen and oxygen atoms in total. The monoisotopic (exact) mass is 296 g/mol. The van der Waals surface area contributed by atoms with Crippen LogP contribution in [0.4, 0.5) is 4.79 Å². The van der Waals surface area contributed by atoms with E-state index in [2.05, 4.69) is 4.74 Å².